The Balaban J connectivity index is 1.66. The number of Topliss-reactive ketones (excluding diaryl/α,β-unsaturated/α-hetero) is 3. The van der Waals surface area contributed by atoms with E-state index in [1.54, 1.807) is 0 Å². The van der Waals surface area contributed by atoms with E-state index in [2.05, 4.69) is 6.92 Å². The quantitative estimate of drug-likeness (QED) is 0.737. The van der Waals surface area contributed by atoms with Gasteiger partial charge in [-0.1, -0.05) is 34.6 Å². The van der Waals surface area contributed by atoms with Gasteiger partial charge in [0.05, 0.1) is 0 Å². The molecule has 4 aliphatic carbocycles. The maximum absolute atomic E-state index is 13.6. The van der Waals surface area contributed by atoms with Gasteiger partial charge in [-0.05, 0) is 60.7 Å². The average Bonchev–Trinajstić information content (AvgIpc) is 2.86. The molecule has 0 aromatic heterocycles. The van der Waals surface area contributed by atoms with Gasteiger partial charge in [0, 0.05) is 37.0 Å². The summed E-state index contributed by atoms with van der Waals surface area (Å²) in [5.41, 5.74) is -2.30. The number of rotatable bonds is 2. The summed E-state index contributed by atoms with van der Waals surface area (Å²) in [7, 11) is 0. The molecule has 0 aromatic carbocycles. The molecule has 29 heavy (non-hydrogen) atoms. The van der Waals surface area contributed by atoms with Crippen LogP contribution in [0.4, 0.5) is 0 Å². The summed E-state index contributed by atoms with van der Waals surface area (Å²) >= 11 is 0. The molecule has 0 bridgehead atoms. The Morgan fingerprint density at radius 3 is 2.45 bits per heavy atom. The van der Waals surface area contributed by atoms with Crippen LogP contribution in [-0.4, -0.2) is 28.1 Å². The molecule has 0 radical (unpaired) electrons. The summed E-state index contributed by atoms with van der Waals surface area (Å²) in [6.45, 7) is 10.3. The van der Waals surface area contributed by atoms with E-state index in [0.29, 0.717) is 43.8 Å². The molecule has 4 nitrogen and oxygen atoms in total. The zero-order chi connectivity index (χ0) is 21.4. The van der Waals surface area contributed by atoms with Gasteiger partial charge in [-0.3, -0.25) is 14.4 Å². The maximum Gasteiger partial charge on any atom is 0.165 e. The predicted molar refractivity (Wildman–Crippen MR) is 111 cm³/mol. The van der Waals surface area contributed by atoms with Gasteiger partial charge in [0.1, 0.15) is 17.2 Å². The number of carbonyl (C=O) groups excluding carboxylic acids is 3. The van der Waals surface area contributed by atoms with Gasteiger partial charge in [-0.15, -0.1) is 0 Å². The van der Waals surface area contributed by atoms with Crippen molar-refractivity contribution >= 4 is 17.3 Å². The number of fused-ring (bicyclic) bond motifs is 5. The molecular weight excluding hydrogens is 364 g/mol. The standard InChI is InChI=1S/C25H38O4/c1-22(2,3)14-20(28)25(29)11-9-18-17-7-6-15-12-16(26)8-10-23(15,4)21(17)19(27)13-24(18,25)5/h15,17-18,21,29H,6-14H2,1-5H3/t15?,17-,18-,21+,23-,24-,25-/m0/s1. The van der Waals surface area contributed by atoms with Crippen molar-refractivity contribution in [3.63, 3.8) is 0 Å². The summed E-state index contributed by atoms with van der Waals surface area (Å²) in [6, 6.07) is 0. The van der Waals surface area contributed by atoms with E-state index >= 15 is 0 Å². The van der Waals surface area contributed by atoms with Crippen LogP contribution in [0.15, 0.2) is 0 Å². The highest BCUT2D eigenvalue weighted by Crippen LogP contribution is 2.67. The summed E-state index contributed by atoms with van der Waals surface area (Å²) < 4.78 is 0. The topological polar surface area (TPSA) is 71.4 Å². The van der Waals surface area contributed by atoms with Crippen LogP contribution in [0.1, 0.15) is 92.4 Å². The first-order chi connectivity index (χ1) is 13.3. The van der Waals surface area contributed by atoms with E-state index in [1.807, 2.05) is 27.7 Å². The molecule has 0 heterocycles. The minimum atomic E-state index is -1.38. The molecule has 1 unspecified atom stereocenters. The Kier molecular flexibility index (Phi) is 4.74. The Bertz CT molecular complexity index is 748. The third-order valence-electron chi connectivity index (χ3n) is 9.47. The summed E-state index contributed by atoms with van der Waals surface area (Å²) in [5, 5.41) is 11.7. The molecule has 4 saturated carbocycles. The zero-order valence-corrected chi connectivity index (χ0v) is 18.8. The Morgan fingerprint density at radius 2 is 1.79 bits per heavy atom. The lowest BCUT2D eigenvalue weighted by atomic mass is 9.44. The second-order valence-electron chi connectivity index (χ2n) is 12.4. The van der Waals surface area contributed by atoms with Crippen LogP contribution >= 0.6 is 0 Å². The van der Waals surface area contributed by atoms with E-state index < -0.39 is 11.0 Å². The molecule has 4 heteroatoms. The summed E-state index contributed by atoms with van der Waals surface area (Å²) in [4.78, 5) is 38.9. The Labute approximate surface area is 175 Å². The summed E-state index contributed by atoms with van der Waals surface area (Å²) in [6.07, 6.45) is 5.96. The minimum absolute atomic E-state index is 0.00695. The third kappa shape index (κ3) is 2.99. The van der Waals surface area contributed by atoms with Crippen LogP contribution in [0.5, 0.6) is 0 Å². The highest BCUT2D eigenvalue weighted by atomic mass is 16.3. The van der Waals surface area contributed by atoms with Crippen LogP contribution in [0.3, 0.4) is 0 Å². The van der Waals surface area contributed by atoms with Crippen molar-refractivity contribution in [3.05, 3.63) is 0 Å². The number of hydrogen-bond acceptors (Lipinski definition) is 4. The third-order valence-corrected chi connectivity index (χ3v) is 9.47. The van der Waals surface area contributed by atoms with Crippen molar-refractivity contribution in [1.29, 1.82) is 0 Å². The normalized spacial score (nSPS) is 47.4. The second-order valence-corrected chi connectivity index (χ2v) is 12.4. The van der Waals surface area contributed by atoms with E-state index in [1.165, 1.54) is 0 Å². The average molecular weight is 403 g/mol. The lowest BCUT2D eigenvalue weighted by Crippen LogP contribution is -2.61. The Hall–Kier alpha value is -1.03. The maximum atomic E-state index is 13.6. The van der Waals surface area contributed by atoms with E-state index in [-0.39, 0.29) is 40.2 Å². The molecule has 7 atom stereocenters. The lowest BCUT2D eigenvalue weighted by Gasteiger charge is -2.59. The molecule has 4 fully saturated rings. The highest BCUT2D eigenvalue weighted by molar-refractivity contribution is 5.92. The number of aliphatic hydroxyl groups is 1. The van der Waals surface area contributed by atoms with Gasteiger partial charge in [0.15, 0.2) is 5.78 Å². The van der Waals surface area contributed by atoms with Crippen molar-refractivity contribution in [2.75, 3.05) is 0 Å². The number of hydrogen-bond donors (Lipinski definition) is 1. The first-order valence-electron chi connectivity index (χ1n) is 11.6. The minimum Gasteiger partial charge on any atom is -0.381 e. The molecular formula is C25H38O4. The van der Waals surface area contributed by atoms with E-state index in [0.717, 1.165) is 25.7 Å². The van der Waals surface area contributed by atoms with Crippen molar-refractivity contribution in [3.8, 4) is 0 Å². The van der Waals surface area contributed by atoms with Crippen molar-refractivity contribution in [2.45, 2.75) is 98.0 Å². The Morgan fingerprint density at radius 1 is 1.10 bits per heavy atom. The molecule has 0 aliphatic heterocycles. The second kappa shape index (κ2) is 6.48. The molecule has 0 amide bonds. The highest BCUT2D eigenvalue weighted by Gasteiger charge is 2.68. The van der Waals surface area contributed by atoms with E-state index in [4.69, 9.17) is 0 Å². The van der Waals surface area contributed by atoms with Gasteiger partial charge >= 0.3 is 0 Å². The zero-order valence-electron chi connectivity index (χ0n) is 18.8. The smallest absolute Gasteiger partial charge is 0.165 e. The van der Waals surface area contributed by atoms with Gasteiger partial charge in [0.2, 0.25) is 0 Å². The van der Waals surface area contributed by atoms with Crippen LogP contribution in [0.25, 0.3) is 0 Å². The molecule has 1 N–H and O–H groups in total. The molecule has 0 spiro atoms. The predicted octanol–water partition coefficient (Wildman–Crippen LogP) is 4.51. The molecule has 0 aromatic rings. The fourth-order valence-electron chi connectivity index (χ4n) is 7.95. The molecule has 4 aliphatic rings. The van der Waals surface area contributed by atoms with Crippen LogP contribution in [0.2, 0.25) is 0 Å². The first kappa shape index (κ1) is 21.2. The van der Waals surface area contributed by atoms with Gasteiger partial charge < -0.3 is 5.11 Å². The number of carbonyl (C=O) groups is 3. The van der Waals surface area contributed by atoms with E-state index in [9.17, 15) is 19.5 Å². The molecule has 0 saturated heterocycles. The molecule has 4 rings (SSSR count). The van der Waals surface area contributed by atoms with Crippen LogP contribution < -0.4 is 0 Å². The first-order valence-corrected chi connectivity index (χ1v) is 11.6. The lowest BCUT2D eigenvalue weighted by molar-refractivity contribution is -0.178. The van der Waals surface area contributed by atoms with Crippen molar-refractivity contribution in [2.24, 2.45) is 39.9 Å². The number of ketones is 3. The van der Waals surface area contributed by atoms with Crippen LogP contribution in [0, 0.1) is 39.9 Å². The van der Waals surface area contributed by atoms with Gasteiger partial charge in [-0.2, -0.15) is 0 Å². The fraction of sp³-hybridized carbons (Fsp3) is 0.880. The monoisotopic (exact) mass is 402 g/mol. The van der Waals surface area contributed by atoms with Gasteiger partial charge in [0.25, 0.3) is 0 Å². The fourth-order valence-corrected chi connectivity index (χ4v) is 7.95. The van der Waals surface area contributed by atoms with Gasteiger partial charge in [-0.25, -0.2) is 0 Å². The molecule has 162 valence electrons. The van der Waals surface area contributed by atoms with Crippen LogP contribution in [-0.2, 0) is 14.4 Å². The largest absolute Gasteiger partial charge is 0.381 e. The SMILES string of the molecule is CC(C)(C)CC(=O)[C@@]1(O)CC[C@H]2[C@@H]3CCC4CC(=O)CC[C@]4(C)[C@H]3C(=O)C[C@@]21C. The summed E-state index contributed by atoms with van der Waals surface area (Å²) in [5.74, 6) is 1.28. The van der Waals surface area contributed by atoms with Crippen molar-refractivity contribution in [1.82, 2.24) is 0 Å². The van der Waals surface area contributed by atoms with Crippen molar-refractivity contribution < 1.29 is 19.5 Å².